The number of hydrogen-bond acceptors (Lipinski definition) is 4. The number of benzene rings is 1. The Morgan fingerprint density at radius 3 is 2.79 bits per heavy atom. The molecule has 0 saturated heterocycles. The number of H-pyrrole nitrogens is 1. The molecule has 9 heteroatoms. The van der Waals surface area contributed by atoms with Crippen LogP contribution in [-0.4, -0.2) is 33.6 Å². The molecule has 1 aliphatic carbocycles. The van der Waals surface area contributed by atoms with Crippen molar-refractivity contribution in [2.24, 2.45) is 5.92 Å². The summed E-state index contributed by atoms with van der Waals surface area (Å²) in [5.74, 6) is 0.523. The third-order valence-corrected chi connectivity index (χ3v) is 4.89. The van der Waals surface area contributed by atoms with Crippen LogP contribution in [0.1, 0.15) is 36.7 Å². The van der Waals surface area contributed by atoms with Gasteiger partial charge < -0.3 is 15.0 Å². The summed E-state index contributed by atoms with van der Waals surface area (Å²) in [6.07, 6.45) is -2.29. The van der Waals surface area contributed by atoms with Crippen molar-refractivity contribution in [1.82, 2.24) is 20.3 Å². The van der Waals surface area contributed by atoms with Crippen LogP contribution in [-0.2, 0) is 4.79 Å². The third-order valence-electron chi connectivity index (χ3n) is 4.89. The summed E-state index contributed by atoms with van der Waals surface area (Å²) < 4.78 is 41.1. The van der Waals surface area contributed by atoms with Crippen LogP contribution in [0.3, 0.4) is 0 Å². The summed E-state index contributed by atoms with van der Waals surface area (Å²) in [5.41, 5.74) is 2.50. The zero-order valence-corrected chi connectivity index (χ0v) is 15.5. The number of carbonyl (C=O) groups excluding carboxylic acids is 1. The summed E-state index contributed by atoms with van der Waals surface area (Å²) in [4.78, 5) is 24.2. The van der Waals surface area contributed by atoms with Gasteiger partial charge in [-0.3, -0.25) is 4.79 Å². The largest absolute Gasteiger partial charge is 0.468 e. The fourth-order valence-electron chi connectivity index (χ4n) is 3.23. The Hall–Kier alpha value is -3.10. The summed E-state index contributed by atoms with van der Waals surface area (Å²) in [5, 5.41) is 2.93. The quantitative estimate of drug-likeness (QED) is 0.654. The smallest absolute Gasteiger partial charge is 0.422 e. The van der Waals surface area contributed by atoms with Crippen LogP contribution in [0.4, 0.5) is 13.2 Å². The number of amides is 1. The van der Waals surface area contributed by atoms with Crippen molar-refractivity contribution >= 4 is 16.9 Å². The number of rotatable bonds is 6. The first-order chi connectivity index (χ1) is 13.8. The van der Waals surface area contributed by atoms with Gasteiger partial charge in [0.2, 0.25) is 11.8 Å². The van der Waals surface area contributed by atoms with Gasteiger partial charge in [-0.25, -0.2) is 9.97 Å². The Morgan fingerprint density at radius 2 is 2.10 bits per heavy atom. The summed E-state index contributed by atoms with van der Waals surface area (Å²) in [7, 11) is 0. The molecular weight excluding hydrogens is 385 g/mol. The molecule has 1 saturated carbocycles. The summed E-state index contributed by atoms with van der Waals surface area (Å²) >= 11 is 0. The number of imidazole rings is 1. The van der Waals surface area contributed by atoms with Gasteiger partial charge in [-0.05, 0) is 31.0 Å². The molecule has 2 heterocycles. The maximum absolute atomic E-state index is 12.5. The van der Waals surface area contributed by atoms with Crippen molar-refractivity contribution in [3.05, 3.63) is 54.0 Å². The minimum absolute atomic E-state index is 0.0610. The molecule has 0 radical (unpaired) electrons. The van der Waals surface area contributed by atoms with Crippen LogP contribution >= 0.6 is 0 Å². The fourth-order valence-corrected chi connectivity index (χ4v) is 3.23. The lowest BCUT2D eigenvalue weighted by atomic mass is 10.1. The number of hydrogen-bond donors (Lipinski definition) is 2. The van der Waals surface area contributed by atoms with E-state index in [1.54, 1.807) is 13.0 Å². The predicted octanol–water partition coefficient (Wildman–Crippen LogP) is 3.88. The number of halogens is 3. The first-order valence-electron chi connectivity index (χ1n) is 9.21. The zero-order valence-electron chi connectivity index (χ0n) is 15.5. The Balaban J connectivity index is 1.33. The minimum atomic E-state index is -4.41. The Labute approximate surface area is 164 Å². The van der Waals surface area contributed by atoms with Gasteiger partial charge in [0.25, 0.3) is 0 Å². The molecule has 0 spiro atoms. The van der Waals surface area contributed by atoms with Crippen molar-refractivity contribution in [3.63, 3.8) is 0 Å². The second kappa shape index (κ2) is 7.38. The molecule has 0 bridgehead atoms. The summed E-state index contributed by atoms with van der Waals surface area (Å²) in [6, 6.07) is 10.3. The van der Waals surface area contributed by atoms with E-state index in [0.29, 0.717) is 5.56 Å². The van der Waals surface area contributed by atoms with Crippen molar-refractivity contribution < 1.29 is 22.7 Å². The van der Waals surface area contributed by atoms with E-state index in [1.165, 1.54) is 12.3 Å². The van der Waals surface area contributed by atoms with Gasteiger partial charge in [0, 0.05) is 24.1 Å². The Morgan fingerprint density at radius 1 is 1.31 bits per heavy atom. The minimum Gasteiger partial charge on any atom is -0.468 e. The van der Waals surface area contributed by atoms with E-state index < -0.39 is 12.8 Å². The third kappa shape index (κ3) is 4.49. The molecule has 1 fully saturated rings. The van der Waals surface area contributed by atoms with Crippen LogP contribution in [0, 0.1) is 5.92 Å². The standard InChI is InChI=1S/C20H19F3N4O2/c1-11(12-6-7-17(24-9-12)29-10-20(21,22)23)25-19(28)14-8-13(14)18-26-15-4-2-3-5-16(15)27-18/h2-7,9,11,13-14H,8,10H2,1H3,(H,25,28)(H,26,27)/t11?,13-,14-/m1/s1. The van der Waals surface area contributed by atoms with Crippen LogP contribution in [0.15, 0.2) is 42.6 Å². The molecule has 152 valence electrons. The van der Waals surface area contributed by atoms with Gasteiger partial charge in [-0.2, -0.15) is 13.2 Å². The van der Waals surface area contributed by atoms with Gasteiger partial charge in [0.05, 0.1) is 17.1 Å². The van der Waals surface area contributed by atoms with Crippen molar-refractivity contribution in [1.29, 1.82) is 0 Å². The SMILES string of the molecule is CC(NC(=O)[C@@H]1C[C@H]1c1nc2ccccc2[nH]1)c1ccc(OCC(F)(F)F)nc1. The molecule has 2 aromatic heterocycles. The Bertz CT molecular complexity index is 983. The number of pyridine rings is 1. The first-order valence-corrected chi connectivity index (χ1v) is 9.21. The molecule has 6 nitrogen and oxygen atoms in total. The van der Waals surface area contributed by atoms with Gasteiger partial charge in [0.1, 0.15) is 5.82 Å². The van der Waals surface area contributed by atoms with Crippen molar-refractivity contribution in [3.8, 4) is 5.88 Å². The molecule has 1 unspecified atom stereocenters. The van der Waals surface area contributed by atoms with Gasteiger partial charge in [-0.1, -0.05) is 18.2 Å². The highest BCUT2D eigenvalue weighted by atomic mass is 19.4. The fraction of sp³-hybridized carbons (Fsp3) is 0.350. The lowest BCUT2D eigenvalue weighted by Crippen LogP contribution is -2.28. The lowest BCUT2D eigenvalue weighted by molar-refractivity contribution is -0.154. The number of alkyl halides is 3. The number of aromatic amines is 1. The molecule has 2 N–H and O–H groups in total. The van der Waals surface area contributed by atoms with Crippen molar-refractivity contribution in [2.75, 3.05) is 6.61 Å². The molecule has 4 rings (SSSR count). The number of fused-ring (bicyclic) bond motifs is 1. The Kier molecular flexibility index (Phi) is 4.89. The second-order valence-corrected chi connectivity index (χ2v) is 7.15. The van der Waals surface area contributed by atoms with E-state index in [0.717, 1.165) is 23.3 Å². The number of carbonyl (C=O) groups is 1. The van der Waals surface area contributed by atoms with E-state index in [2.05, 4.69) is 25.0 Å². The highest BCUT2D eigenvalue weighted by Crippen LogP contribution is 2.47. The molecule has 0 aliphatic heterocycles. The molecule has 1 amide bonds. The highest BCUT2D eigenvalue weighted by molar-refractivity contribution is 5.83. The highest BCUT2D eigenvalue weighted by Gasteiger charge is 2.46. The molecule has 29 heavy (non-hydrogen) atoms. The zero-order chi connectivity index (χ0) is 20.6. The number of nitrogens with zero attached hydrogens (tertiary/aromatic N) is 2. The average molecular weight is 404 g/mol. The monoisotopic (exact) mass is 404 g/mol. The van der Waals surface area contributed by atoms with E-state index >= 15 is 0 Å². The molecular formula is C20H19F3N4O2. The van der Waals surface area contributed by atoms with Gasteiger partial charge in [0.15, 0.2) is 6.61 Å². The average Bonchev–Trinajstić information content (AvgIpc) is 3.38. The molecule has 1 aliphatic rings. The van der Waals surface area contributed by atoms with Crippen LogP contribution < -0.4 is 10.1 Å². The number of ether oxygens (including phenoxy) is 1. The second-order valence-electron chi connectivity index (χ2n) is 7.15. The summed E-state index contributed by atoms with van der Waals surface area (Å²) in [6.45, 7) is 0.403. The maximum Gasteiger partial charge on any atom is 0.422 e. The molecule has 3 aromatic rings. The van der Waals surface area contributed by atoms with E-state index in [1.807, 2.05) is 24.3 Å². The topological polar surface area (TPSA) is 79.9 Å². The van der Waals surface area contributed by atoms with Crippen LogP contribution in [0.5, 0.6) is 5.88 Å². The van der Waals surface area contributed by atoms with E-state index in [4.69, 9.17) is 0 Å². The van der Waals surface area contributed by atoms with Crippen molar-refractivity contribution in [2.45, 2.75) is 31.5 Å². The molecule has 1 aromatic carbocycles. The van der Waals surface area contributed by atoms with Gasteiger partial charge in [-0.15, -0.1) is 0 Å². The maximum atomic E-state index is 12.5. The van der Waals surface area contributed by atoms with E-state index in [9.17, 15) is 18.0 Å². The van der Waals surface area contributed by atoms with Gasteiger partial charge >= 0.3 is 6.18 Å². The molecule has 3 atom stereocenters. The lowest BCUT2D eigenvalue weighted by Gasteiger charge is -2.15. The van der Waals surface area contributed by atoms with Crippen LogP contribution in [0.25, 0.3) is 11.0 Å². The first kappa shape index (κ1) is 19.2. The predicted molar refractivity (Wildman–Crippen MR) is 99.3 cm³/mol. The number of para-hydroxylation sites is 2. The normalized spacial score (nSPS) is 19.7. The van der Waals surface area contributed by atoms with Crippen LogP contribution in [0.2, 0.25) is 0 Å². The number of nitrogens with one attached hydrogen (secondary N) is 2. The number of aromatic nitrogens is 3. The van der Waals surface area contributed by atoms with E-state index in [-0.39, 0.29) is 29.7 Å².